The maximum absolute atomic E-state index is 12.8. The first kappa shape index (κ1) is 19.3. The number of hydrogen-bond donors (Lipinski definition) is 2. The summed E-state index contributed by atoms with van der Waals surface area (Å²) >= 11 is 0. The van der Waals surface area contributed by atoms with E-state index in [4.69, 9.17) is 0 Å². The molecular weight excluding hydrogens is 356 g/mol. The number of fused-ring (bicyclic) bond motifs is 1. The standard InChI is InChI=1S/C21H22N4O3/c1-21(2,3)23-17(26)13-22-19(27)18-15-11-7-8-12-16(15)20(28)25(24-18)14-9-5-4-6-10-14/h4-12H,13H2,1-3H3,(H,22,27)(H,23,26). The van der Waals surface area contributed by atoms with Gasteiger partial charge in [0.1, 0.15) is 0 Å². The molecule has 3 aromatic rings. The summed E-state index contributed by atoms with van der Waals surface area (Å²) in [6, 6.07) is 15.7. The monoisotopic (exact) mass is 378 g/mol. The zero-order valence-electron chi connectivity index (χ0n) is 16.0. The van der Waals surface area contributed by atoms with E-state index in [9.17, 15) is 14.4 Å². The van der Waals surface area contributed by atoms with Crippen LogP contribution in [0.2, 0.25) is 0 Å². The molecule has 1 heterocycles. The summed E-state index contributed by atoms with van der Waals surface area (Å²) in [6.45, 7) is 5.39. The molecular formula is C21H22N4O3. The van der Waals surface area contributed by atoms with Gasteiger partial charge in [-0.1, -0.05) is 36.4 Å². The van der Waals surface area contributed by atoms with Gasteiger partial charge in [-0.3, -0.25) is 14.4 Å². The summed E-state index contributed by atoms with van der Waals surface area (Å²) in [5, 5.41) is 10.5. The third-order valence-electron chi connectivity index (χ3n) is 3.94. The molecule has 3 rings (SSSR count). The molecule has 1 aromatic heterocycles. The van der Waals surface area contributed by atoms with Crippen molar-refractivity contribution in [1.82, 2.24) is 20.4 Å². The van der Waals surface area contributed by atoms with Crippen LogP contribution in [-0.4, -0.2) is 33.7 Å². The van der Waals surface area contributed by atoms with Crippen molar-refractivity contribution in [3.8, 4) is 5.69 Å². The number of aromatic nitrogens is 2. The fourth-order valence-corrected chi connectivity index (χ4v) is 2.81. The molecule has 2 aromatic carbocycles. The van der Waals surface area contributed by atoms with Crippen molar-refractivity contribution in [2.24, 2.45) is 0 Å². The molecule has 7 heteroatoms. The highest BCUT2D eigenvalue weighted by molar-refractivity contribution is 6.05. The molecule has 0 aliphatic rings. The van der Waals surface area contributed by atoms with Crippen LogP contribution in [0.3, 0.4) is 0 Å². The molecule has 0 atom stereocenters. The highest BCUT2D eigenvalue weighted by Crippen LogP contribution is 2.15. The first-order chi connectivity index (χ1) is 13.3. The fourth-order valence-electron chi connectivity index (χ4n) is 2.81. The van der Waals surface area contributed by atoms with Gasteiger partial charge in [-0.2, -0.15) is 9.78 Å². The molecule has 0 aliphatic heterocycles. The highest BCUT2D eigenvalue weighted by Gasteiger charge is 2.19. The minimum atomic E-state index is -0.523. The molecule has 0 saturated heterocycles. The van der Waals surface area contributed by atoms with E-state index in [1.165, 1.54) is 4.68 Å². The fraction of sp³-hybridized carbons (Fsp3) is 0.238. The van der Waals surface area contributed by atoms with Crippen LogP contribution in [0.4, 0.5) is 0 Å². The van der Waals surface area contributed by atoms with Crippen molar-refractivity contribution in [2.45, 2.75) is 26.3 Å². The zero-order chi connectivity index (χ0) is 20.3. The van der Waals surface area contributed by atoms with Gasteiger partial charge in [0, 0.05) is 10.9 Å². The third kappa shape index (κ3) is 4.25. The zero-order valence-corrected chi connectivity index (χ0v) is 16.0. The number of nitrogens with one attached hydrogen (secondary N) is 2. The number of nitrogens with zero attached hydrogens (tertiary/aromatic N) is 2. The third-order valence-corrected chi connectivity index (χ3v) is 3.94. The minimum absolute atomic E-state index is 0.0858. The molecule has 2 N–H and O–H groups in total. The number of amides is 2. The molecule has 0 aliphatic carbocycles. The number of carbonyl (C=O) groups excluding carboxylic acids is 2. The molecule has 0 fully saturated rings. The van der Waals surface area contributed by atoms with Gasteiger partial charge < -0.3 is 10.6 Å². The predicted octanol–water partition coefficient (Wildman–Crippen LogP) is 2.03. The van der Waals surface area contributed by atoms with Crippen LogP contribution in [0.25, 0.3) is 16.5 Å². The summed E-state index contributed by atoms with van der Waals surface area (Å²) in [6.07, 6.45) is 0. The van der Waals surface area contributed by atoms with Crippen LogP contribution in [-0.2, 0) is 4.79 Å². The molecule has 0 bridgehead atoms. The molecule has 28 heavy (non-hydrogen) atoms. The average molecular weight is 378 g/mol. The van der Waals surface area contributed by atoms with Gasteiger partial charge in [0.25, 0.3) is 11.5 Å². The molecule has 0 spiro atoms. The SMILES string of the molecule is CC(C)(C)NC(=O)CNC(=O)c1nn(-c2ccccc2)c(=O)c2ccccc12. The van der Waals surface area contributed by atoms with Crippen molar-refractivity contribution in [1.29, 1.82) is 0 Å². The largest absolute Gasteiger partial charge is 0.350 e. The summed E-state index contributed by atoms with van der Waals surface area (Å²) in [5.41, 5.74) is -0.0722. The molecule has 2 amide bonds. The van der Waals surface area contributed by atoms with Gasteiger partial charge in [-0.15, -0.1) is 0 Å². The summed E-state index contributed by atoms with van der Waals surface area (Å²) in [5.74, 6) is -0.827. The van der Waals surface area contributed by atoms with E-state index in [-0.39, 0.29) is 23.7 Å². The topological polar surface area (TPSA) is 93.1 Å². The molecule has 0 radical (unpaired) electrons. The van der Waals surface area contributed by atoms with E-state index in [2.05, 4.69) is 15.7 Å². The second-order valence-corrected chi connectivity index (χ2v) is 7.43. The minimum Gasteiger partial charge on any atom is -0.350 e. The summed E-state index contributed by atoms with van der Waals surface area (Å²) in [7, 11) is 0. The van der Waals surface area contributed by atoms with Crippen molar-refractivity contribution in [3.05, 3.63) is 70.6 Å². The Morgan fingerprint density at radius 2 is 1.57 bits per heavy atom. The first-order valence-electron chi connectivity index (χ1n) is 8.93. The Balaban J connectivity index is 1.98. The molecule has 0 unspecified atom stereocenters. The van der Waals surface area contributed by atoms with E-state index < -0.39 is 11.4 Å². The summed E-state index contributed by atoms with van der Waals surface area (Å²) < 4.78 is 1.20. The van der Waals surface area contributed by atoms with E-state index in [1.807, 2.05) is 26.8 Å². The first-order valence-corrected chi connectivity index (χ1v) is 8.93. The van der Waals surface area contributed by atoms with Gasteiger partial charge in [-0.05, 0) is 39.0 Å². The van der Waals surface area contributed by atoms with Crippen LogP contribution in [0, 0.1) is 0 Å². The van der Waals surface area contributed by atoms with E-state index in [0.29, 0.717) is 16.5 Å². The Kier molecular flexibility index (Phi) is 5.26. The predicted molar refractivity (Wildman–Crippen MR) is 108 cm³/mol. The number of benzene rings is 2. The van der Waals surface area contributed by atoms with Gasteiger partial charge in [0.05, 0.1) is 17.6 Å². The lowest BCUT2D eigenvalue weighted by Crippen LogP contribution is -2.46. The Morgan fingerprint density at radius 1 is 0.964 bits per heavy atom. The van der Waals surface area contributed by atoms with Crippen molar-refractivity contribution in [2.75, 3.05) is 6.54 Å². The Labute approximate surface area is 162 Å². The van der Waals surface area contributed by atoms with E-state index in [0.717, 1.165) is 0 Å². The normalized spacial score (nSPS) is 11.2. The van der Waals surface area contributed by atoms with Crippen LogP contribution in [0.1, 0.15) is 31.3 Å². The van der Waals surface area contributed by atoms with Gasteiger partial charge in [-0.25, -0.2) is 0 Å². The molecule has 7 nitrogen and oxygen atoms in total. The highest BCUT2D eigenvalue weighted by atomic mass is 16.2. The number of rotatable bonds is 4. The number of para-hydroxylation sites is 1. The van der Waals surface area contributed by atoms with Crippen LogP contribution < -0.4 is 16.2 Å². The lowest BCUT2D eigenvalue weighted by Gasteiger charge is -2.20. The van der Waals surface area contributed by atoms with Gasteiger partial charge in [0.2, 0.25) is 5.91 Å². The Bertz CT molecular complexity index is 1080. The van der Waals surface area contributed by atoms with Gasteiger partial charge >= 0.3 is 0 Å². The van der Waals surface area contributed by atoms with Crippen LogP contribution >= 0.6 is 0 Å². The van der Waals surface area contributed by atoms with Gasteiger partial charge in [0.15, 0.2) is 5.69 Å². The maximum Gasteiger partial charge on any atom is 0.279 e. The van der Waals surface area contributed by atoms with E-state index >= 15 is 0 Å². The lowest BCUT2D eigenvalue weighted by molar-refractivity contribution is -0.121. The number of carbonyl (C=O) groups is 2. The van der Waals surface area contributed by atoms with Crippen molar-refractivity contribution in [3.63, 3.8) is 0 Å². The Morgan fingerprint density at radius 3 is 2.21 bits per heavy atom. The average Bonchev–Trinajstić information content (AvgIpc) is 2.66. The second-order valence-electron chi connectivity index (χ2n) is 7.43. The van der Waals surface area contributed by atoms with Crippen molar-refractivity contribution >= 4 is 22.6 Å². The van der Waals surface area contributed by atoms with Crippen molar-refractivity contribution < 1.29 is 9.59 Å². The Hall–Kier alpha value is -3.48. The van der Waals surface area contributed by atoms with Crippen LogP contribution in [0.15, 0.2) is 59.4 Å². The quantitative estimate of drug-likeness (QED) is 0.726. The summed E-state index contributed by atoms with van der Waals surface area (Å²) in [4.78, 5) is 37.6. The molecule has 144 valence electrons. The molecule has 0 saturated carbocycles. The smallest absolute Gasteiger partial charge is 0.279 e. The van der Waals surface area contributed by atoms with E-state index in [1.54, 1.807) is 48.5 Å². The maximum atomic E-state index is 12.8. The second kappa shape index (κ2) is 7.64. The van der Waals surface area contributed by atoms with Crippen LogP contribution in [0.5, 0.6) is 0 Å². The lowest BCUT2D eigenvalue weighted by atomic mass is 10.1. The number of hydrogen-bond acceptors (Lipinski definition) is 4.